The van der Waals surface area contributed by atoms with Gasteiger partial charge in [0, 0.05) is 23.4 Å². The molecule has 2 aromatic rings. The molecule has 0 heterocycles. The molecule has 0 aliphatic carbocycles. The summed E-state index contributed by atoms with van der Waals surface area (Å²) in [7, 11) is 0. The van der Waals surface area contributed by atoms with Gasteiger partial charge >= 0.3 is 5.97 Å². The summed E-state index contributed by atoms with van der Waals surface area (Å²) in [4.78, 5) is 35.1. The second-order valence-electron chi connectivity index (χ2n) is 5.85. The molecular formula is C19H20N4O4S. The Labute approximate surface area is 167 Å². The zero-order valence-electron chi connectivity index (χ0n) is 14.9. The summed E-state index contributed by atoms with van der Waals surface area (Å²) in [5, 5.41) is 16.8. The van der Waals surface area contributed by atoms with Crippen LogP contribution in [0.1, 0.15) is 22.3 Å². The SMILES string of the molecule is NC(=S)Nc1cccc(C(=O)NCC(=O)Nc2ccccc2CCC(=O)O)c1. The van der Waals surface area contributed by atoms with Gasteiger partial charge in [0.25, 0.3) is 5.91 Å². The van der Waals surface area contributed by atoms with E-state index in [1.807, 2.05) is 0 Å². The fraction of sp³-hybridized carbons (Fsp3) is 0.158. The number of carbonyl (C=O) groups excluding carboxylic acids is 2. The first-order valence-electron chi connectivity index (χ1n) is 8.39. The first kappa shape index (κ1) is 20.8. The van der Waals surface area contributed by atoms with E-state index >= 15 is 0 Å². The largest absolute Gasteiger partial charge is 0.481 e. The Bertz CT molecular complexity index is 901. The highest BCUT2D eigenvalue weighted by molar-refractivity contribution is 7.80. The van der Waals surface area contributed by atoms with Crippen molar-refractivity contribution >= 4 is 46.5 Å². The average Bonchev–Trinajstić information content (AvgIpc) is 2.65. The summed E-state index contributed by atoms with van der Waals surface area (Å²) < 4.78 is 0. The molecular weight excluding hydrogens is 380 g/mol. The smallest absolute Gasteiger partial charge is 0.303 e. The maximum atomic E-state index is 12.2. The Hall–Kier alpha value is -3.46. The molecule has 0 atom stereocenters. The molecule has 2 rings (SSSR count). The number of thiocarbonyl (C=S) groups is 1. The predicted molar refractivity (Wildman–Crippen MR) is 110 cm³/mol. The number of anilines is 2. The highest BCUT2D eigenvalue weighted by atomic mass is 32.1. The Kier molecular flexibility index (Phi) is 7.46. The van der Waals surface area contributed by atoms with Gasteiger partial charge in [0.2, 0.25) is 5.91 Å². The molecule has 6 N–H and O–H groups in total. The number of hydrogen-bond donors (Lipinski definition) is 5. The van der Waals surface area contributed by atoms with Crippen molar-refractivity contribution in [3.8, 4) is 0 Å². The zero-order chi connectivity index (χ0) is 20.5. The molecule has 0 aromatic heterocycles. The van der Waals surface area contributed by atoms with Crippen molar-refractivity contribution in [1.82, 2.24) is 5.32 Å². The van der Waals surface area contributed by atoms with Gasteiger partial charge in [-0.1, -0.05) is 24.3 Å². The van der Waals surface area contributed by atoms with Crippen LogP contribution >= 0.6 is 12.2 Å². The Morgan fingerprint density at radius 3 is 2.50 bits per heavy atom. The Balaban J connectivity index is 1.93. The van der Waals surface area contributed by atoms with Gasteiger partial charge in [0.1, 0.15) is 0 Å². The normalized spacial score (nSPS) is 10.0. The van der Waals surface area contributed by atoms with E-state index in [4.69, 9.17) is 23.1 Å². The Morgan fingerprint density at radius 2 is 1.79 bits per heavy atom. The molecule has 9 heteroatoms. The third-order valence-corrected chi connectivity index (χ3v) is 3.80. The second kappa shape index (κ2) is 10.0. The first-order valence-corrected chi connectivity index (χ1v) is 8.80. The third kappa shape index (κ3) is 6.69. The molecule has 28 heavy (non-hydrogen) atoms. The number of aryl methyl sites for hydroxylation is 1. The lowest BCUT2D eigenvalue weighted by Crippen LogP contribution is -2.33. The molecule has 2 amide bonds. The first-order chi connectivity index (χ1) is 13.3. The van der Waals surface area contributed by atoms with Crippen LogP contribution in [0.5, 0.6) is 0 Å². The van der Waals surface area contributed by atoms with Gasteiger partial charge in [0.05, 0.1) is 6.54 Å². The number of benzene rings is 2. The summed E-state index contributed by atoms with van der Waals surface area (Å²) in [6.07, 6.45) is 0.251. The van der Waals surface area contributed by atoms with Crippen LogP contribution in [0.15, 0.2) is 48.5 Å². The van der Waals surface area contributed by atoms with Crippen molar-refractivity contribution in [1.29, 1.82) is 0 Å². The summed E-state index contributed by atoms with van der Waals surface area (Å²) in [6.45, 7) is -0.237. The lowest BCUT2D eigenvalue weighted by molar-refractivity contribution is -0.136. The molecule has 0 unspecified atom stereocenters. The van der Waals surface area contributed by atoms with E-state index in [1.54, 1.807) is 48.5 Å². The molecule has 8 nitrogen and oxygen atoms in total. The molecule has 2 aromatic carbocycles. The van der Waals surface area contributed by atoms with E-state index in [9.17, 15) is 14.4 Å². The molecule has 0 saturated carbocycles. The summed E-state index contributed by atoms with van der Waals surface area (Å²) in [5.74, 6) is -1.77. The van der Waals surface area contributed by atoms with Crippen molar-refractivity contribution in [2.24, 2.45) is 5.73 Å². The third-order valence-electron chi connectivity index (χ3n) is 3.70. The topological polar surface area (TPSA) is 134 Å². The minimum absolute atomic E-state index is 0.0414. The molecule has 0 radical (unpaired) electrons. The van der Waals surface area contributed by atoms with Crippen LogP contribution in [0.25, 0.3) is 0 Å². The quantitative estimate of drug-likeness (QED) is 0.426. The summed E-state index contributed by atoms with van der Waals surface area (Å²) in [5.41, 5.74) is 7.55. The van der Waals surface area contributed by atoms with Gasteiger partial charge < -0.3 is 26.8 Å². The van der Waals surface area contributed by atoms with Crippen molar-refractivity contribution in [2.75, 3.05) is 17.2 Å². The highest BCUT2D eigenvalue weighted by Crippen LogP contribution is 2.17. The van der Waals surface area contributed by atoms with E-state index in [2.05, 4.69) is 16.0 Å². The second-order valence-corrected chi connectivity index (χ2v) is 6.29. The van der Waals surface area contributed by atoms with E-state index in [1.165, 1.54) is 0 Å². The molecule has 146 valence electrons. The minimum atomic E-state index is -0.916. The molecule has 0 fully saturated rings. The van der Waals surface area contributed by atoms with E-state index in [0.717, 1.165) is 0 Å². The highest BCUT2D eigenvalue weighted by Gasteiger charge is 2.11. The van der Waals surface area contributed by atoms with E-state index < -0.39 is 17.8 Å². The van der Waals surface area contributed by atoms with Gasteiger partial charge in [-0.25, -0.2) is 0 Å². The van der Waals surface area contributed by atoms with Crippen LogP contribution < -0.4 is 21.7 Å². The summed E-state index contributed by atoms with van der Waals surface area (Å²) >= 11 is 4.76. The van der Waals surface area contributed by atoms with Crippen LogP contribution in [0, 0.1) is 0 Å². The van der Waals surface area contributed by atoms with Crippen LogP contribution in [0.3, 0.4) is 0 Å². The van der Waals surface area contributed by atoms with Gasteiger partial charge in [-0.3, -0.25) is 14.4 Å². The van der Waals surface area contributed by atoms with Gasteiger partial charge in [0.15, 0.2) is 5.11 Å². The zero-order valence-corrected chi connectivity index (χ0v) is 15.7. The predicted octanol–water partition coefficient (Wildman–Crippen LogP) is 1.73. The molecule has 0 aliphatic heterocycles. The van der Waals surface area contributed by atoms with Gasteiger partial charge in [-0.05, 0) is 48.5 Å². The van der Waals surface area contributed by atoms with E-state index in [0.29, 0.717) is 28.9 Å². The fourth-order valence-electron chi connectivity index (χ4n) is 2.44. The lowest BCUT2D eigenvalue weighted by Gasteiger charge is -2.11. The average molecular weight is 400 g/mol. The number of para-hydroxylation sites is 1. The number of carboxylic acid groups (broad SMARTS) is 1. The number of carboxylic acids is 1. The van der Waals surface area contributed by atoms with Crippen LogP contribution in [-0.2, 0) is 16.0 Å². The van der Waals surface area contributed by atoms with Crippen molar-refractivity contribution in [3.63, 3.8) is 0 Å². The monoisotopic (exact) mass is 400 g/mol. The number of rotatable bonds is 8. The molecule has 0 aliphatic rings. The minimum Gasteiger partial charge on any atom is -0.481 e. The number of nitrogens with one attached hydrogen (secondary N) is 3. The molecule has 0 saturated heterocycles. The van der Waals surface area contributed by atoms with Gasteiger partial charge in [-0.15, -0.1) is 0 Å². The number of nitrogens with two attached hydrogens (primary N) is 1. The van der Waals surface area contributed by atoms with E-state index in [-0.39, 0.29) is 18.1 Å². The fourth-order valence-corrected chi connectivity index (χ4v) is 2.56. The maximum Gasteiger partial charge on any atom is 0.303 e. The van der Waals surface area contributed by atoms with Crippen LogP contribution in [0.2, 0.25) is 0 Å². The number of carbonyl (C=O) groups is 3. The maximum absolute atomic E-state index is 12.2. The lowest BCUT2D eigenvalue weighted by atomic mass is 10.1. The van der Waals surface area contributed by atoms with Crippen LogP contribution in [0.4, 0.5) is 11.4 Å². The standard InChI is InChI=1S/C19H20N4O4S/c20-19(28)22-14-6-3-5-13(10-14)18(27)21-11-16(24)23-15-7-2-1-4-12(15)8-9-17(25)26/h1-7,10H,8-9,11H2,(H,21,27)(H,23,24)(H,25,26)(H3,20,22,28). The van der Waals surface area contributed by atoms with Crippen LogP contribution in [-0.4, -0.2) is 34.5 Å². The van der Waals surface area contributed by atoms with Crippen molar-refractivity contribution in [3.05, 3.63) is 59.7 Å². The van der Waals surface area contributed by atoms with Gasteiger partial charge in [-0.2, -0.15) is 0 Å². The van der Waals surface area contributed by atoms with Crippen molar-refractivity contribution < 1.29 is 19.5 Å². The molecule has 0 bridgehead atoms. The molecule has 0 spiro atoms. The number of amides is 2. The number of hydrogen-bond acceptors (Lipinski definition) is 4. The number of aliphatic carboxylic acids is 1. The Morgan fingerprint density at radius 1 is 1.04 bits per heavy atom. The van der Waals surface area contributed by atoms with Crippen molar-refractivity contribution in [2.45, 2.75) is 12.8 Å². The summed E-state index contributed by atoms with van der Waals surface area (Å²) in [6, 6.07) is 13.5.